The van der Waals surface area contributed by atoms with Gasteiger partial charge in [0.05, 0.1) is 0 Å². The van der Waals surface area contributed by atoms with E-state index in [-0.39, 0.29) is 5.82 Å². The molecule has 2 rings (SSSR count). The molecule has 1 heterocycles. The lowest BCUT2D eigenvalue weighted by Crippen LogP contribution is -2.21. The Morgan fingerprint density at radius 1 is 1.40 bits per heavy atom. The molecule has 1 aliphatic rings. The van der Waals surface area contributed by atoms with Crippen LogP contribution in [0.15, 0.2) is 24.3 Å². The minimum Gasteiger partial charge on any atom is -0.299 e. The van der Waals surface area contributed by atoms with Gasteiger partial charge in [-0.3, -0.25) is 4.90 Å². The van der Waals surface area contributed by atoms with Gasteiger partial charge >= 0.3 is 0 Å². The quantitative estimate of drug-likeness (QED) is 0.718. The summed E-state index contributed by atoms with van der Waals surface area (Å²) < 4.78 is 13.4. The molecule has 1 saturated heterocycles. The first-order valence-electron chi connectivity index (χ1n) is 5.31. The molecule has 0 bridgehead atoms. The van der Waals surface area contributed by atoms with E-state index in [4.69, 9.17) is 11.6 Å². The van der Waals surface area contributed by atoms with Gasteiger partial charge in [0.25, 0.3) is 0 Å². The largest absolute Gasteiger partial charge is 0.299 e. The van der Waals surface area contributed by atoms with Crippen LogP contribution < -0.4 is 0 Å². The van der Waals surface area contributed by atoms with Crippen LogP contribution >= 0.6 is 11.6 Å². The van der Waals surface area contributed by atoms with Crippen molar-refractivity contribution in [1.82, 2.24) is 4.90 Å². The average Bonchev–Trinajstić information content (AvgIpc) is 2.69. The lowest BCUT2D eigenvalue weighted by atomic mass is 10.1. The Morgan fingerprint density at radius 3 is 2.87 bits per heavy atom. The Labute approximate surface area is 94.8 Å². The van der Waals surface area contributed by atoms with Gasteiger partial charge in [-0.25, -0.2) is 4.39 Å². The molecule has 0 N–H and O–H groups in total. The van der Waals surface area contributed by atoms with Gasteiger partial charge in [0, 0.05) is 24.5 Å². The summed E-state index contributed by atoms with van der Waals surface area (Å²) >= 11 is 5.81. The Bertz CT molecular complexity index is 329. The first-order valence-corrected chi connectivity index (χ1v) is 5.85. The summed E-state index contributed by atoms with van der Waals surface area (Å²) in [6.07, 6.45) is 1.14. The third-order valence-corrected chi connectivity index (χ3v) is 3.38. The SMILES string of the molecule is Fc1ccccc1CN1CCC(CCl)C1. The molecule has 1 atom stereocenters. The maximum atomic E-state index is 13.4. The van der Waals surface area contributed by atoms with E-state index < -0.39 is 0 Å². The van der Waals surface area contributed by atoms with Crippen LogP contribution in [0.3, 0.4) is 0 Å². The first-order chi connectivity index (χ1) is 7.29. The van der Waals surface area contributed by atoms with Crippen molar-refractivity contribution in [3.05, 3.63) is 35.6 Å². The molecule has 0 spiro atoms. The molecule has 0 saturated carbocycles. The van der Waals surface area contributed by atoms with Gasteiger partial charge in [0.15, 0.2) is 0 Å². The fraction of sp³-hybridized carbons (Fsp3) is 0.500. The Morgan fingerprint density at radius 2 is 2.20 bits per heavy atom. The van der Waals surface area contributed by atoms with Crippen molar-refractivity contribution in [3.63, 3.8) is 0 Å². The van der Waals surface area contributed by atoms with Crippen molar-refractivity contribution in [1.29, 1.82) is 0 Å². The van der Waals surface area contributed by atoms with Gasteiger partial charge in [-0.15, -0.1) is 11.6 Å². The number of alkyl halides is 1. The zero-order valence-electron chi connectivity index (χ0n) is 8.63. The molecule has 1 aliphatic heterocycles. The highest BCUT2D eigenvalue weighted by Crippen LogP contribution is 2.20. The molecular weight excluding hydrogens is 213 g/mol. The number of rotatable bonds is 3. The Hall–Kier alpha value is -0.600. The van der Waals surface area contributed by atoms with E-state index in [1.54, 1.807) is 6.07 Å². The minimum atomic E-state index is -0.105. The zero-order chi connectivity index (χ0) is 10.7. The van der Waals surface area contributed by atoms with Crippen LogP contribution in [0.25, 0.3) is 0 Å². The van der Waals surface area contributed by atoms with E-state index in [1.165, 1.54) is 6.07 Å². The third kappa shape index (κ3) is 2.70. The van der Waals surface area contributed by atoms with Gasteiger partial charge < -0.3 is 0 Å². The van der Waals surface area contributed by atoms with Crippen LogP contribution in [0.5, 0.6) is 0 Å². The number of halogens is 2. The molecule has 1 unspecified atom stereocenters. The standard InChI is InChI=1S/C12H15ClFN/c13-7-10-5-6-15(8-10)9-11-3-1-2-4-12(11)14/h1-4,10H,5-9H2. The molecule has 82 valence electrons. The number of likely N-dealkylation sites (tertiary alicyclic amines) is 1. The maximum absolute atomic E-state index is 13.4. The number of hydrogen-bond donors (Lipinski definition) is 0. The van der Waals surface area contributed by atoms with E-state index in [2.05, 4.69) is 4.90 Å². The number of nitrogens with zero attached hydrogens (tertiary/aromatic N) is 1. The minimum absolute atomic E-state index is 0.105. The second-order valence-electron chi connectivity index (χ2n) is 4.14. The van der Waals surface area contributed by atoms with Crippen LogP contribution in [0.2, 0.25) is 0 Å². The molecule has 3 heteroatoms. The first kappa shape index (κ1) is 10.9. The normalized spacial score (nSPS) is 22.1. The summed E-state index contributed by atoms with van der Waals surface area (Å²) in [5, 5.41) is 0. The van der Waals surface area contributed by atoms with Crippen molar-refractivity contribution < 1.29 is 4.39 Å². The van der Waals surface area contributed by atoms with Gasteiger partial charge in [-0.1, -0.05) is 18.2 Å². The molecule has 1 fully saturated rings. The van der Waals surface area contributed by atoms with E-state index >= 15 is 0 Å². The summed E-state index contributed by atoms with van der Waals surface area (Å²) in [5.74, 6) is 1.19. The molecule has 0 amide bonds. The van der Waals surface area contributed by atoms with E-state index in [1.807, 2.05) is 12.1 Å². The summed E-state index contributed by atoms with van der Waals surface area (Å²) in [6, 6.07) is 6.98. The van der Waals surface area contributed by atoms with Crippen molar-refractivity contribution in [2.24, 2.45) is 5.92 Å². The van der Waals surface area contributed by atoms with Gasteiger partial charge in [0.2, 0.25) is 0 Å². The second-order valence-corrected chi connectivity index (χ2v) is 4.44. The highest BCUT2D eigenvalue weighted by Gasteiger charge is 2.21. The molecule has 0 radical (unpaired) electrons. The van der Waals surface area contributed by atoms with Crippen molar-refractivity contribution >= 4 is 11.6 Å². The highest BCUT2D eigenvalue weighted by molar-refractivity contribution is 6.18. The molecular formula is C12H15ClFN. The van der Waals surface area contributed by atoms with Crippen LogP contribution in [0.1, 0.15) is 12.0 Å². The fourth-order valence-corrected chi connectivity index (χ4v) is 2.30. The Kier molecular flexibility index (Phi) is 3.60. The van der Waals surface area contributed by atoms with Crippen LogP contribution in [-0.2, 0) is 6.54 Å². The third-order valence-electron chi connectivity index (χ3n) is 2.94. The molecule has 1 nitrogen and oxygen atoms in total. The van der Waals surface area contributed by atoms with Crippen molar-refractivity contribution in [2.75, 3.05) is 19.0 Å². The molecule has 15 heavy (non-hydrogen) atoms. The predicted molar refractivity (Wildman–Crippen MR) is 60.5 cm³/mol. The lowest BCUT2D eigenvalue weighted by Gasteiger charge is -2.15. The highest BCUT2D eigenvalue weighted by atomic mass is 35.5. The fourth-order valence-electron chi connectivity index (χ4n) is 2.05. The summed E-state index contributed by atoms with van der Waals surface area (Å²) in [5.41, 5.74) is 0.785. The monoisotopic (exact) mass is 227 g/mol. The van der Waals surface area contributed by atoms with Gasteiger partial charge in [0.1, 0.15) is 5.82 Å². The van der Waals surface area contributed by atoms with Crippen LogP contribution in [0, 0.1) is 11.7 Å². The number of benzene rings is 1. The Balaban J connectivity index is 1.96. The smallest absolute Gasteiger partial charge is 0.127 e. The molecule has 0 aliphatic carbocycles. The summed E-state index contributed by atoms with van der Waals surface area (Å²) in [6.45, 7) is 2.74. The topological polar surface area (TPSA) is 3.24 Å². The van der Waals surface area contributed by atoms with Crippen LogP contribution in [-0.4, -0.2) is 23.9 Å². The van der Waals surface area contributed by atoms with Gasteiger partial charge in [-0.05, 0) is 24.9 Å². The number of hydrogen-bond acceptors (Lipinski definition) is 1. The summed E-state index contributed by atoms with van der Waals surface area (Å²) in [7, 11) is 0. The second kappa shape index (κ2) is 4.95. The van der Waals surface area contributed by atoms with E-state index in [0.29, 0.717) is 18.3 Å². The zero-order valence-corrected chi connectivity index (χ0v) is 9.38. The molecule has 1 aromatic rings. The molecule has 0 aromatic heterocycles. The van der Waals surface area contributed by atoms with Crippen LogP contribution in [0.4, 0.5) is 4.39 Å². The predicted octanol–water partition coefficient (Wildman–Crippen LogP) is 2.89. The maximum Gasteiger partial charge on any atom is 0.127 e. The van der Waals surface area contributed by atoms with Gasteiger partial charge in [-0.2, -0.15) is 0 Å². The molecule has 1 aromatic carbocycles. The average molecular weight is 228 g/mol. The van der Waals surface area contributed by atoms with Crippen molar-refractivity contribution in [3.8, 4) is 0 Å². The van der Waals surface area contributed by atoms with E-state index in [0.717, 1.165) is 25.1 Å². The summed E-state index contributed by atoms with van der Waals surface area (Å²) in [4.78, 5) is 2.27. The van der Waals surface area contributed by atoms with E-state index in [9.17, 15) is 4.39 Å². The van der Waals surface area contributed by atoms with Crippen molar-refractivity contribution in [2.45, 2.75) is 13.0 Å². The lowest BCUT2D eigenvalue weighted by molar-refractivity contribution is 0.315.